The van der Waals surface area contributed by atoms with Crippen molar-refractivity contribution in [3.8, 4) is 6.07 Å². The average molecular weight is 298 g/mol. The van der Waals surface area contributed by atoms with Gasteiger partial charge in [0, 0.05) is 12.5 Å². The first-order valence-electron chi connectivity index (χ1n) is 6.57. The Morgan fingerprint density at radius 1 is 1.29 bits per heavy atom. The summed E-state index contributed by atoms with van der Waals surface area (Å²) in [4.78, 5) is 11.8. The van der Waals surface area contributed by atoms with Gasteiger partial charge >= 0.3 is 6.18 Å². The summed E-state index contributed by atoms with van der Waals surface area (Å²) in [7, 11) is 0. The van der Waals surface area contributed by atoms with Crippen LogP contribution in [0.4, 0.5) is 13.2 Å². The van der Waals surface area contributed by atoms with Crippen molar-refractivity contribution in [2.45, 2.75) is 26.4 Å². The Kier molecular flexibility index (Phi) is 5.77. The molecule has 1 N–H and O–H groups in total. The second kappa shape index (κ2) is 7.11. The highest BCUT2D eigenvalue weighted by atomic mass is 19.4. The fourth-order valence-electron chi connectivity index (χ4n) is 1.75. The molecule has 1 aromatic rings. The van der Waals surface area contributed by atoms with Crippen LogP contribution in [0.1, 0.15) is 25.0 Å². The predicted octanol–water partition coefficient (Wildman–Crippen LogP) is 3.16. The van der Waals surface area contributed by atoms with E-state index in [0.717, 1.165) is 12.1 Å². The van der Waals surface area contributed by atoms with Crippen molar-refractivity contribution in [1.29, 1.82) is 5.26 Å². The van der Waals surface area contributed by atoms with Gasteiger partial charge in [0.05, 0.1) is 17.6 Å². The summed E-state index contributed by atoms with van der Waals surface area (Å²) in [6.45, 7) is 3.66. The van der Waals surface area contributed by atoms with Gasteiger partial charge in [0.2, 0.25) is 5.91 Å². The molecule has 1 rings (SSSR count). The third kappa shape index (κ3) is 5.46. The molecule has 0 radical (unpaired) electrons. The van der Waals surface area contributed by atoms with E-state index in [1.807, 2.05) is 6.07 Å². The highest BCUT2D eigenvalue weighted by Crippen LogP contribution is 2.29. The van der Waals surface area contributed by atoms with Gasteiger partial charge in [-0.1, -0.05) is 19.1 Å². The summed E-state index contributed by atoms with van der Waals surface area (Å²) in [5.74, 6) is -0.850. The van der Waals surface area contributed by atoms with Gasteiger partial charge in [-0.25, -0.2) is 0 Å². The second-order valence-electron chi connectivity index (χ2n) is 5.08. The lowest BCUT2D eigenvalue weighted by Crippen LogP contribution is -2.33. The summed E-state index contributed by atoms with van der Waals surface area (Å²) in [6.07, 6.45) is -4.00. The van der Waals surface area contributed by atoms with E-state index < -0.39 is 11.7 Å². The monoisotopic (exact) mass is 298 g/mol. The molecular formula is C15H17F3N2O. The van der Waals surface area contributed by atoms with Crippen molar-refractivity contribution in [2.75, 3.05) is 6.54 Å². The summed E-state index contributed by atoms with van der Waals surface area (Å²) >= 11 is 0. The largest absolute Gasteiger partial charge is 0.416 e. The van der Waals surface area contributed by atoms with Gasteiger partial charge in [0.1, 0.15) is 0 Å². The molecule has 21 heavy (non-hydrogen) atoms. The molecule has 0 aliphatic heterocycles. The van der Waals surface area contributed by atoms with Gasteiger partial charge in [-0.05, 0) is 31.0 Å². The van der Waals surface area contributed by atoms with E-state index in [9.17, 15) is 18.0 Å². The van der Waals surface area contributed by atoms with Gasteiger partial charge < -0.3 is 5.32 Å². The molecule has 2 atom stereocenters. The molecule has 0 fully saturated rings. The number of hydrogen-bond acceptors (Lipinski definition) is 2. The minimum absolute atomic E-state index is 0.211. The fourth-order valence-corrected chi connectivity index (χ4v) is 1.75. The van der Waals surface area contributed by atoms with Gasteiger partial charge in [-0.3, -0.25) is 4.79 Å². The summed E-state index contributed by atoms with van der Waals surface area (Å²) in [5, 5.41) is 11.3. The lowest BCUT2D eigenvalue weighted by atomic mass is 9.99. The van der Waals surface area contributed by atoms with Gasteiger partial charge in [-0.15, -0.1) is 0 Å². The number of nitrogens with zero attached hydrogens (tertiary/aromatic N) is 1. The van der Waals surface area contributed by atoms with Crippen molar-refractivity contribution < 1.29 is 18.0 Å². The third-order valence-electron chi connectivity index (χ3n) is 3.07. The second-order valence-corrected chi connectivity index (χ2v) is 5.08. The van der Waals surface area contributed by atoms with E-state index in [0.29, 0.717) is 12.0 Å². The van der Waals surface area contributed by atoms with Crippen LogP contribution >= 0.6 is 0 Å². The van der Waals surface area contributed by atoms with Crippen LogP contribution in [-0.2, 0) is 17.4 Å². The Labute approximate surface area is 121 Å². The minimum Gasteiger partial charge on any atom is -0.355 e. The molecule has 1 amide bonds. The molecule has 0 saturated heterocycles. The zero-order chi connectivity index (χ0) is 16.0. The maximum atomic E-state index is 12.4. The van der Waals surface area contributed by atoms with E-state index in [2.05, 4.69) is 5.32 Å². The predicted molar refractivity (Wildman–Crippen MR) is 72.1 cm³/mol. The minimum atomic E-state index is -4.35. The first kappa shape index (κ1) is 17.0. The quantitative estimate of drug-likeness (QED) is 0.908. The van der Waals surface area contributed by atoms with Gasteiger partial charge in [0.15, 0.2) is 0 Å². The lowest BCUT2D eigenvalue weighted by Gasteiger charge is -2.13. The molecular weight excluding hydrogens is 281 g/mol. The van der Waals surface area contributed by atoms with Crippen molar-refractivity contribution in [3.63, 3.8) is 0 Å². The molecule has 114 valence electrons. The topological polar surface area (TPSA) is 52.9 Å². The number of carbonyl (C=O) groups excluding carboxylic acids is 1. The normalized spacial score (nSPS) is 14.1. The Morgan fingerprint density at radius 2 is 1.86 bits per heavy atom. The highest BCUT2D eigenvalue weighted by molar-refractivity contribution is 5.78. The van der Waals surface area contributed by atoms with Crippen LogP contribution in [0.5, 0.6) is 0 Å². The molecule has 0 heterocycles. The maximum Gasteiger partial charge on any atom is 0.416 e. The number of nitrogens with one attached hydrogen (secondary N) is 1. The molecule has 0 aromatic heterocycles. The number of hydrogen-bond donors (Lipinski definition) is 1. The summed E-state index contributed by atoms with van der Waals surface area (Å²) in [6, 6.07) is 6.79. The highest BCUT2D eigenvalue weighted by Gasteiger charge is 2.30. The molecule has 6 heteroatoms. The van der Waals surface area contributed by atoms with E-state index >= 15 is 0 Å². The standard InChI is InChI=1S/C15H17F3N2O/c1-10(8-19)9-20-14(21)11(2)7-12-3-5-13(6-4-12)15(16,17)18/h3-6,10-11H,7,9H2,1-2H3,(H,20,21). The third-order valence-corrected chi connectivity index (χ3v) is 3.07. The van der Waals surface area contributed by atoms with Gasteiger partial charge in [-0.2, -0.15) is 18.4 Å². The number of carbonyl (C=O) groups is 1. The molecule has 0 aliphatic carbocycles. The Morgan fingerprint density at radius 3 is 2.33 bits per heavy atom. The van der Waals surface area contributed by atoms with Crippen molar-refractivity contribution >= 4 is 5.91 Å². The SMILES string of the molecule is CC(C#N)CNC(=O)C(C)Cc1ccc(C(F)(F)F)cc1. The molecule has 1 aromatic carbocycles. The number of amides is 1. The van der Waals surface area contributed by atoms with E-state index in [1.54, 1.807) is 13.8 Å². The van der Waals surface area contributed by atoms with Crippen LogP contribution in [0.3, 0.4) is 0 Å². The van der Waals surface area contributed by atoms with Crippen molar-refractivity contribution in [3.05, 3.63) is 35.4 Å². The van der Waals surface area contributed by atoms with Crippen molar-refractivity contribution in [1.82, 2.24) is 5.32 Å². The van der Waals surface area contributed by atoms with Crippen LogP contribution in [0, 0.1) is 23.2 Å². The lowest BCUT2D eigenvalue weighted by molar-refractivity contribution is -0.137. The summed E-state index contributed by atoms with van der Waals surface area (Å²) < 4.78 is 37.3. The fraction of sp³-hybridized carbons (Fsp3) is 0.467. The first-order valence-corrected chi connectivity index (χ1v) is 6.57. The molecule has 3 nitrogen and oxygen atoms in total. The Hall–Kier alpha value is -2.03. The molecule has 0 aliphatic rings. The number of rotatable bonds is 5. The van der Waals surface area contributed by atoms with E-state index in [4.69, 9.17) is 5.26 Å². The van der Waals surface area contributed by atoms with E-state index in [-0.39, 0.29) is 24.3 Å². The molecule has 0 spiro atoms. The Bertz CT molecular complexity index is 517. The number of nitriles is 1. The first-order chi connectivity index (χ1) is 9.74. The van der Waals surface area contributed by atoms with Gasteiger partial charge in [0.25, 0.3) is 0 Å². The molecule has 0 saturated carbocycles. The maximum absolute atomic E-state index is 12.4. The number of benzene rings is 1. The smallest absolute Gasteiger partial charge is 0.355 e. The summed E-state index contributed by atoms with van der Waals surface area (Å²) in [5.41, 5.74) is -0.0369. The van der Waals surface area contributed by atoms with Crippen LogP contribution in [0.25, 0.3) is 0 Å². The Balaban J connectivity index is 2.57. The number of halogens is 3. The van der Waals surface area contributed by atoms with Crippen LogP contribution < -0.4 is 5.32 Å². The van der Waals surface area contributed by atoms with Crippen LogP contribution in [-0.4, -0.2) is 12.5 Å². The average Bonchev–Trinajstić information content (AvgIpc) is 2.43. The van der Waals surface area contributed by atoms with E-state index in [1.165, 1.54) is 12.1 Å². The zero-order valence-corrected chi connectivity index (χ0v) is 11.9. The molecule has 2 unspecified atom stereocenters. The molecule has 0 bridgehead atoms. The van der Waals surface area contributed by atoms with Crippen molar-refractivity contribution in [2.24, 2.45) is 11.8 Å². The number of alkyl halides is 3. The zero-order valence-electron chi connectivity index (χ0n) is 11.9. The van der Waals surface area contributed by atoms with Crippen LogP contribution in [0.15, 0.2) is 24.3 Å². The van der Waals surface area contributed by atoms with Crippen LogP contribution in [0.2, 0.25) is 0 Å².